The van der Waals surface area contributed by atoms with Crippen molar-refractivity contribution in [1.82, 2.24) is 9.47 Å². The molecule has 7 heteroatoms. The SMILES string of the molecule is Cc1cccc(OCCn2cccc2/C=C2/C(=N)N3C(c4ccccc4)=CSC3=NC2=O)c1. The number of carbonyl (C=O) groups excluding carboxylic acids is 1. The third-order valence-corrected chi connectivity index (χ3v) is 6.26. The van der Waals surface area contributed by atoms with Crippen molar-refractivity contribution in [2.24, 2.45) is 4.99 Å². The van der Waals surface area contributed by atoms with Crippen LogP contribution in [0.15, 0.2) is 88.9 Å². The molecule has 0 saturated heterocycles. The maximum Gasteiger partial charge on any atom is 0.283 e. The number of ether oxygens (including phenoxy) is 1. The Morgan fingerprint density at radius 3 is 2.76 bits per heavy atom. The molecule has 2 aliphatic rings. The summed E-state index contributed by atoms with van der Waals surface area (Å²) >= 11 is 1.36. The molecule has 2 aliphatic heterocycles. The van der Waals surface area contributed by atoms with E-state index in [-0.39, 0.29) is 11.4 Å². The number of thioether (sulfide) groups is 1. The molecule has 0 spiro atoms. The summed E-state index contributed by atoms with van der Waals surface area (Å²) in [6, 6.07) is 21.6. The van der Waals surface area contributed by atoms with Gasteiger partial charge in [-0.25, -0.2) is 0 Å². The lowest BCUT2D eigenvalue weighted by atomic mass is 10.1. The molecule has 1 aromatic heterocycles. The highest BCUT2D eigenvalue weighted by atomic mass is 32.2. The number of benzene rings is 2. The van der Waals surface area contributed by atoms with Gasteiger partial charge in [-0.15, -0.1) is 0 Å². The van der Waals surface area contributed by atoms with Gasteiger partial charge in [-0.3, -0.25) is 15.1 Å². The fourth-order valence-corrected chi connectivity index (χ4v) is 4.68. The van der Waals surface area contributed by atoms with Crippen LogP contribution in [0.1, 0.15) is 16.8 Å². The van der Waals surface area contributed by atoms with Crippen molar-refractivity contribution in [1.29, 1.82) is 5.41 Å². The molecule has 3 aromatic rings. The van der Waals surface area contributed by atoms with E-state index in [0.29, 0.717) is 18.3 Å². The number of rotatable bonds is 6. The van der Waals surface area contributed by atoms with Gasteiger partial charge in [-0.2, -0.15) is 4.99 Å². The molecule has 5 rings (SSSR count). The maximum absolute atomic E-state index is 12.8. The van der Waals surface area contributed by atoms with Crippen LogP contribution in [-0.2, 0) is 11.3 Å². The van der Waals surface area contributed by atoms with E-state index in [4.69, 9.17) is 10.1 Å². The number of hydrogen-bond donors (Lipinski definition) is 1. The molecule has 6 nitrogen and oxygen atoms in total. The van der Waals surface area contributed by atoms with Crippen molar-refractivity contribution >= 4 is 40.4 Å². The minimum atomic E-state index is -0.398. The van der Waals surface area contributed by atoms with E-state index in [1.807, 2.05) is 89.8 Å². The van der Waals surface area contributed by atoms with Gasteiger partial charge >= 0.3 is 0 Å². The quantitative estimate of drug-likeness (QED) is 0.521. The van der Waals surface area contributed by atoms with Gasteiger partial charge in [0.2, 0.25) is 0 Å². The van der Waals surface area contributed by atoms with Crippen LogP contribution in [-0.4, -0.2) is 33.0 Å². The monoisotopic (exact) mass is 454 g/mol. The fourth-order valence-electron chi connectivity index (χ4n) is 3.79. The smallest absolute Gasteiger partial charge is 0.283 e. The van der Waals surface area contributed by atoms with Crippen LogP contribution in [0.3, 0.4) is 0 Å². The first-order valence-electron chi connectivity index (χ1n) is 10.6. The Balaban J connectivity index is 1.36. The molecule has 164 valence electrons. The first-order valence-corrected chi connectivity index (χ1v) is 11.5. The summed E-state index contributed by atoms with van der Waals surface area (Å²) in [6.07, 6.45) is 3.68. The maximum atomic E-state index is 12.8. The summed E-state index contributed by atoms with van der Waals surface area (Å²) in [6.45, 7) is 3.14. The van der Waals surface area contributed by atoms with E-state index < -0.39 is 5.91 Å². The molecule has 1 amide bonds. The number of hydrogen-bond acceptors (Lipinski definition) is 4. The van der Waals surface area contributed by atoms with E-state index in [0.717, 1.165) is 28.3 Å². The van der Waals surface area contributed by atoms with Crippen LogP contribution < -0.4 is 4.74 Å². The minimum Gasteiger partial charge on any atom is -0.492 e. The van der Waals surface area contributed by atoms with Gasteiger partial charge in [0.1, 0.15) is 18.2 Å². The average Bonchev–Trinajstić information content (AvgIpc) is 3.44. The van der Waals surface area contributed by atoms with Crippen LogP contribution in [0.5, 0.6) is 5.75 Å². The summed E-state index contributed by atoms with van der Waals surface area (Å²) in [7, 11) is 0. The standard InChI is InChI=1S/C26H22N4O2S/c1-18-7-5-11-21(15-18)32-14-13-29-12-6-10-20(29)16-22-24(27)30-23(19-8-3-2-4-9-19)17-33-26(30)28-25(22)31/h2-12,15-17,27H,13-14H2,1H3/b22-16-,27-24?. The Morgan fingerprint density at radius 2 is 1.94 bits per heavy atom. The molecule has 0 unspecified atom stereocenters. The van der Waals surface area contributed by atoms with Crippen molar-refractivity contribution in [3.63, 3.8) is 0 Å². The lowest BCUT2D eigenvalue weighted by Crippen LogP contribution is -2.38. The molecule has 0 aliphatic carbocycles. The van der Waals surface area contributed by atoms with Gasteiger partial charge in [-0.1, -0.05) is 54.2 Å². The molecule has 0 atom stereocenters. The summed E-state index contributed by atoms with van der Waals surface area (Å²) in [4.78, 5) is 18.7. The zero-order valence-corrected chi connectivity index (χ0v) is 18.9. The van der Waals surface area contributed by atoms with E-state index >= 15 is 0 Å². The molecule has 1 N–H and O–H groups in total. The van der Waals surface area contributed by atoms with E-state index in [2.05, 4.69) is 4.99 Å². The van der Waals surface area contributed by atoms with Crippen molar-refractivity contribution in [2.45, 2.75) is 13.5 Å². The van der Waals surface area contributed by atoms with E-state index in [1.54, 1.807) is 11.0 Å². The summed E-state index contributed by atoms with van der Waals surface area (Å²) < 4.78 is 7.89. The predicted molar refractivity (Wildman–Crippen MR) is 133 cm³/mol. The Morgan fingerprint density at radius 1 is 1.09 bits per heavy atom. The third kappa shape index (κ3) is 4.27. The largest absolute Gasteiger partial charge is 0.492 e. The Kier molecular flexibility index (Phi) is 5.71. The second kappa shape index (κ2) is 8.96. The van der Waals surface area contributed by atoms with Crippen LogP contribution >= 0.6 is 11.8 Å². The summed E-state index contributed by atoms with van der Waals surface area (Å²) in [5, 5.41) is 11.2. The van der Waals surface area contributed by atoms with Gasteiger partial charge in [0.15, 0.2) is 5.17 Å². The molecular formula is C26H22N4O2S. The number of nitrogens with one attached hydrogen (secondary N) is 1. The fraction of sp³-hybridized carbons (Fsp3) is 0.115. The zero-order valence-electron chi connectivity index (χ0n) is 18.1. The van der Waals surface area contributed by atoms with Gasteiger partial charge in [0.25, 0.3) is 5.91 Å². The normalized spacial score (nSPS) is 16.6. The first-order chi connectivity index (χ1) is 16.1. The number of amides is 1. The zero-order chi connectivity index (χ0) is 22.8. The topological polar surface area (TPSA) is 70.7 Å². The molecule has 3 heterocycles. The second-order valence-corrected chi connectivity index (χ2v) is 8.56. The van der Waals surface area contributed by atoms with Crippen molar-refractivity contribution < 1.29 is 9.53 Å². The number of fused-ring (bicyclic) bond motifs is 1. The average molecular weight is 455 g/mol. The number of aliphatic imine (C=N–C) groups is 1. The van der Waals surface area contributed by atoms with E-state index in [9.17, 15) is 4.79 Å². The Hall–Kier alpha value is -3.84. The molecule has 0 radical (unpaired) electrons. The lowest BCUT2D eigenvalue weighted by molar-refractivity contribution is -0.114. The summed E-state index contributed by atoms with van der Waals surface area (Å²) in [5.41, 5.74) is 4.07. The number of carbonyl (C=O) groups is 1. The molecule has 0 fully saturated rings. The van der Waals surface area contributed by atoms with Gasteiger partial charge in [-0.05, 0) is 48.4 Å². The van der Waals surface area contributed by atoms with Gasteiger partial charge in [0, 0.05) is 17.3 Å². The number of amidine groups is 2. The second-order valence-electron chi connectivity index (χ2n) is 7.72. The van der Waals surface area contributed by atoms with E-state index in [1.165, 1.54) is 11.8 Å². The van der Waals surface area contributed by atoms with Gasteiger partial charge < -0.3 is 9.30 Å². The van der Waals surface area contributed by atoms with Crippen LogP contribution in [0, 0.1) is 12.3 Å². The molecule has 0 saturated carbocycles. The molecule has 2 aromatic carbocycles. The van der Waals surface area contributed by atoms with Crippen LogP contribution in [0.25, 0.3) is 11.8 Å². The summed E-state index contributed by atoms with van der Waals surface area (Å²) in [5.74, 6) is 0.569. The molecule has 33 heavy (non-hydrogen) atoms. The highest BCUT2D eigenvalue weighted by molar-refractivity contribution is 8.17. The van der Waals surface area contributed by atoms with Crippen molar-refractivity contribution in [3.05, 3.63) is 101 Å². The van der Waals surface area contributed by atoms with Crippen molar-refractivity contribution in [2.75, 3.05) is 6.61 Å². The van der Waals surface area contributed by atoms with Crippen molar-refractivity contribution in [3.8, 4) is 5.75 Å². The minimum absolute atomic E-state index is 0.133. The Labute approximate surface area is 196 Å². The van der Waals surface area contributed by atoms with Gasteiger partial charge in [0.05, 0.1) is 17.8 Å². The lowest BCUT2D eigenvalue weighted by Gasteiger charge is -2.27. The molecular weight excluding hydrogens is 432 g/mol. The number of aryl methyl sites for hydroxylation is 1. The van der Waals surface area contributed by atoms with Crippen LogP contribution in [0.2, 0.25) is 0 Å². The molecule has 0 bridgehead atoms. The number of nitrogens with zero attached hydrogens (tertiary/aromatic N) is 3. The first kappa shape index (κ1) is 21.0. The third-order valence-electron chi connectivity index (χ3n) is 5.43. The highest BCUT2D eigenvalue weighted by Gasteiger charge is 2.36. The number of aromatic nitrogens is 1. The van der Waals surface area contributed by atoms with Crippen LogP contribution in [0.4, 0.5) is 0 Å². The highest BCUT2D eigenvalue weighted by Crippen LogP contribution is 2.37. The predicted octanol–water partition coefficient (Wildman–Crippen LogP) is 5.18. The Bertz CT molecular complexity index is 1320.